The van der Waals surface area contributed by atoms with Crippen molar-refractivity contribution in [2.75, 3.05) is 16.4 Å². The standard InChI is InChI=1S/C19H15ClF2N2O3S2/c20-13-4-2-1-3-11(13)7-18(25)23-19-24(15-6-5-12(21)8-14(15)22)16-9-29(26,27)10-17(16)28-19/h1-6,8,16-17H,7,9-10H2/t16-,17+/m1/s1. The Hall–Kier alpha value is -1.97. The Labute approximate surface area is 175 Å². The maximum atomic E-state index is 14.5. The molecule has 2 aromatic rings. The van der Waals surface area contributed by atoms with Crippen LogP contribution in [0.1, 0.15) is 5.56 Å². The molecule has 0 aromatic heterocycles. The summed E-state index contributed by atoms with van der Waals surface area (Å²) in [5.41, 5.74) is 0.599. The first kappa shape index (κ1) is 20.3. The summed E-state index contributed by atoms with van der Waals surface area (Å²) >= 11 is 7.21. The molecule has 29 heavy (non-hydrogen) atoms. The van der Waals surface area contributed by atoms with Gasteiger partial charge >= 0.3 is 0 Å². The number of rotatable bonds is 3. The number of thioether (sulfide) groups is 1. The molecule has 1 amide bonds. The van der Waals surface area contributed by atoms with Gasteiger partial charge in [0, 0.05) is 16.3 Å². The summed E-state index contributed by atoms with van der Waals surface area (Å²) in [6, 6.07) is 9.34. The Morgan fingerprint density at radius 2 is 1.97 bits per heavy atom. The van der Waals surface area contributed by atoms with Crippen molar-refractivity contribution in [3.63, 3.8) is 0 Å². The second-order valence-electron chi connectivity index (χ2n) is 6.82. The second kappa shape index (κ2) is 7.70. The zero-order valence-electron chi connectivity index (χ0n) is 14.9. The van der Waals surface area contributed by atoms with Crippen LogP contribution in [0.25, 0.3) is 0 Å². The van der Waals surface area contributed by atoms with E-state index in [2.05, 4.69) is 4.99 Å². The van der Waals surface area contributed by atoms with Crippen LogP contribution in [0.3, 0.4) is 0 Å². The van der Waals surface area contributed by atoms with Gasteiger partial charge in [0.25, 0.3) is 5.91 Å². The number of nitrogens with zero attached hydrogens (tertiary/aromatic N) is 2. The summed E-state index contributed by atoms with van der Waals surface area (Å²) in [5.74, 6) is -2.35. The molecule has 2 fully saturated rings. The molecule has 2 aliphatic rings. The van der Waals surface area contributed by atoms with Crippen molar-refractivity contribution in [3.05, 3.63) is 64.7 Å². The van der Waals surface area contributed by atoms with E-state index in [9.17, 15) is 22.0 Å². The summed E-state index contributed by atoms with van der Waals surface area (Å²) in [6.07, 6.45) is -0.0445. The maximum absolute atomic E-state index is 14.5. The van der Waals surface area contributed by atoms with Gasteiger partial charge in [0.1, 0.15) is 11.6 Å². The van der Waals surface area contributed by atoms with Crippen molar-refractivity contribution in [1.82, 2.24) is 0 Å². The highest BCUT2D eigenvalue weighted by molar-refractivity contribution is 8.16. The third-order valence-electron chi connectivity index (χ3n) is 4.76. The molecule has 4 rings (SSSR count). The van der Waals surface area contributed by atoms with Gasteiger partial charge in [0.05, 0.1) is 29.7 Å². The number of aliphatic imine (C=N–C) groups is 1. The lowest BCUT2D eigenvalue weighted by Crippen LogP contribution is -2.38. The molecule has 152 valence electrons. The van der Waals surface area contributed by atoms with Gasteiger partial charge in [0.2, 0.25) is 0 Å². The van der Waals surface area contributed by atoms with Gasteiger partial charge < -0.3 is 4.90 Å². The highest BCUT2D eigenvalue weighted by atomic mass is 35.5. The predicted octanol–water partition coefficient (Wildman–Crippen LogP) is 3.46. The van der Waals surface area contributed by atoms with E-state index in [0.717, 1.165) is 23.9 Å². The van der Waals surface area contributed by atoms with Gasteiger partial charge in [-0.2, -0.15) is 4.99 Å². The number of amides is 1. The number of benzene rings is 2. The third-order valence-corrected chi connectivity index (χ3v) is 8.33. The van der Waals surface area contributed by atoms with E-state index < -0.39 is 33.4 Å². The number of hydrogen-bond acceptors (Lipinski definition) is 4. The summed E-state index contributed by atoms with van der Waals surface area (Å²) in [7, 11) is -3.29. The van der Waals surface area contributed by atoms with Gasteiger partial charge in [-0.1, -0.05) is 41.6 Å². The number of halogens is 3. The Morgan fingerprint density at radius 3 is 2.69 bits per heavy atom. The van der Waals surface area contributed by atoms with E-state index in [0.29, 0.717) is 10.6 Å². The Kier molecular flexibility index (Phi) is 5.39. The zero-order chi connectivity index (χ0) is 20.8. The molecular weight excluding hydrogens is 442 g/mol. The minimum Gasteiger partial charge on any atom is -0.313 e. The van der Waals surface area contributed by atoms with E-state index >= 15 is 0 Å². The van der Waals surface area contributed by atoms with E-state index in [1.54, 1.807) is 24.3 Å². The molecule has 0 spiro atoms. The summed E-state index contributed by atoms with van der Waals surface area (Å²) in [6.45, 7) is 0. The molecule has 0 bridgehead atoms. The lowest BCUT2D eigenvalue weighted by Gasteiger charge is -2.24. The fraction of sp³-hybridized carbons (Fsp3) is 0.263. The van der Waals surface area contributed by atoms with Gasteiger partial charge in [0.15, 0.2) is 15.0 Å². The van der Waals surface area contributed by atoms with Crippen molar-refractivity contribution in [2.45, 2.75) is 17.7 Å². The van der Waals surface area contributed by atoms with Crippen molar-refractivity contribution < 1.29 is 22.0 Å². The minimum absolute atomic E-state index is 0.00667. The van der Waals surface area contributed by atoms with Crippen molar-refractivity contribution in [1.29, 1.82) is 0 Å². The van der Waals surface area contributed by atoms with Crippen LogP contribution in [0, 0.1) is 11.6 Å². The molecule has 5 nitrogen and oxygen atoms in total. The minimum atomic E-state index is -3.29. The van der Waals surface area contributed by atoms with Gasteiger partial charge in [-0.15, -0.1) is 0 Å². The van der Waals surface area contributed by atoms with Crippen LogP contribution in [-0.2, 0) is 21.1 Å². The molecule has 2 atom stereocenters. The number of fused-ring (bicyclic) bond motifs is 1. The Balaban J connectivity index is 1.68. The van der Waals surface area contributed by atoms with E-state index in [-0.39, 0.29) is 34.0 Å². The van der Waals surface area contributed by atoms with E-state index in [1.807, 2.05) is 0 Å². The highest BCUT2D eigenvalue weighted by Crippen LogP contribution is 2.41. The smallest absolute Gasteiger partial charge is 0.252 e. The van der Waals surface area contributed by atoms with E-state index in [4.69, 9.17) is 11.6 Å². The van der Waals surface area contributed by atoms with Gasteiger partial charge in [-0.25, -0.2) is 17.2 Å². The lowest BCUT2D eigenvalue weighted by molar-refractivity contribution is -0.117. The van der Waals surface area contributed by atoms with Gasteiger partial charge in [-0.3, -0.25) is 4.79 Å². The molecule has 2 aromatic carbocycles. The molecule has 10 heteroatoms. The maximum Gasteiger partial charge on any atom is 0.252 e. The SMILES string of the molecule is O=C(Cc1ccccc1Cl)N=C1S[C@H]2CS(=O)(=O)C[C@H]2N1c1ccc(F)cc1F. The normalized spacial score (nSPS) is 24.1. The summed E-state index contributed by atoms with van der Waals surface area (Å²) in [5, 5.41) is 0.262. The largest absolute Gasteiger partial charge is 0.313 e. The molecule has 0 saturated carbocycles. The van der Waals surface area contributed by atoms with Crippen molar-refractivity contribution in [3.8, 4) is 0 Å². The van der Waals surface area contributed by atoms with E-state index in [1.165, 1.54) is 11.0 Å². The highest BCUT2D eigenvalue weighted by Gasteiger charge is 2.50. The van der Waals surface area contributed by atoms with Crippen molar-refractivity contribution in [2.24, 2.45) is 4.99 Å². The molecule has 0 aliphatic carbocycles. The quantitative estimate of drug-likeness (QED) is 0.707. The fourth-order valence-electron chi connectivity index (χ4n) is 3.47. The first-order valence-electron chi connectivity index (χ1n) is 8.70. The van der Waals surface area contributed by atoms with Crippen LogP contribution in [0.5, 0.6) is 0 Å². The Bertz CT molecular complexity index is 1120. The molecule has 0 unspecified atom stereocenters. The van der Waals surface area contributed by atoms with Crippen molar-refractivity contribution >= 4 is 50.0 Å². The van der Waals surface area contributed by atoms with Crippen LogP contribution in [0.15, 0.2) is 47.5 Å². The number of carbonyl (C=O) groups is 1. The van der Waals surface area contributed by atoms with Crippen LogP contribution in [-0.4, -0.2) is 42.3 Å². The van der Waals surface area contributed by atoms with Gasteiger partial charge in [-0.05, 0) is 23.8 Å². The first-order valence-corrected chi connectivity index (χ1v) is 11.8. The fourth-order valence-corrected chi connectivity index (χ4v) is 7.60. The molecule has 0 N–H and O–H groups in total. The summed E-state index contributed by atoms with van der Waals surface area (Å²) < 4.78 is 51.9. The van der Waals surface area contributed by atoms with Crippen LogP contribution >= 0.6 is 23.4 Å². The molecule has 2 saturated heterocycles. The zero-order valence-corrected chi connectivity index (χ0v) is 17.3. The molecule has 2 heterocycles. The molecule has 2 aliphatic heterocycles. The number of hydrogen-bond donors (Lipinski definition) is 0. The average Bonchev–Trinajstić information content (AvgIpc) is 3.08. The van der Waals surface area contributed by atoms with Crippen LogP contribution in [0.4, 0.5) is 14.5 Å². The average molecular weight is 457 g/mol. The second-order valence-corrected chi connectivity index (χ2v) is 10.6. The monoisotopic (exact) mass is 456 g/mol. The molecule has 0 radical (unpaired) electrons. The molecular formula is C19H15ClF2N2O3S2. The number of sulfone groups is 1. The third kappa shape index (κ3) is 4.17. The van der Waals surface area contributed by atoms with Crippen LogP contribution < -0.4 is 4.90 Å². The lowest BCUT2D eigenvalue weighted by atomic mass is 10.1. The predicted molar refractivity (Wildman–Crippen MR) is 110 cm³/mol. The number of anilines is 1. The summed E-state index contributed by atoms with van der Waals surface area (Å²) in [4.78, 5) is 18.0. The number of amidine groups is 1. The first-order chi connectivity index (χ1) is 13.7. The number of carbonyl (C=O) groups excluding carboxylic acids is 1. The Morgan fingerprint density at radius 1 is 1.21 bits per heavy atom. The van der Waals surface area contributed by atoms with Crippen LogP contribution in [0.2, 0.25) is 5.02 Å². The topological polar surface area (TPSA) is 66.8 Å².